The van der Waals surface area contributed by atoms with Gasteiger partial charge < -0.3 is 29.9 Å². The molecule has 1 unspecified atom stereocenters. The molecule has 1 atom stereocenters. The molecule has 0 spiro atoms. The smallest absolute Gasteiger partial charge is 0.768 e. The Morgan fingerprint density at radius 1 is 1.08 bits per heavy atom. The molecule has 0 aliphatic carbocycles. The van der Waals surface area contributed by atoms with Crippen LogP contribution in [0.4, 0.5) is 28.6 Å². The van der Waals surface area contributed by atoms with Gasteiger partial charge in [-0.05, 0) is 67.2 Å². The summed E-state index contributed by atoms with van der Waals surface area (Å²) in [5, 5.41) is 43.0. The zero-order valence-electron chi connectivity index (χ0n) is 34.0. The number of unbranched alkanes of at least 4 members (excludes halogenated alkanes) is 1. The Bertz CT molecular complexity index is 2360. The molecule has 0 fully saturated rings. The Morgan fingerprint density at radius 2 is 1.78 bits per heavy atom. The summed E-state index contributed by atoms with van der Waals surface area (Å²) in [4.78, 5) is 31.6. The molecular formula is C34H35ClN9Na3O10S3. The van der Waals surface area contributed by atoms with Gasteiger partial charge in [0.1, 0.15) is 22.5 Å². The Morgan fingerprint density at radius 3 is 2.37 bits per heavy atom. The largest absolute Gasteiger partial charge is 1.00 e. The van der Waals surface area contributed by atoms with Gasteiger partial charge in [0.15, 0.2) is 5.82 Å². The first kappa shape index (κ1) is 56.2. The maximum Gasteiger partial charge on any atom is 1.00 e. The van der Waals surface area contributed by atoms with E-state index < -0.39 is 44.2 Å². The van der Waals surface area contributed by atoms with E-state index in [4.69, 9.17) is 16.7 Å². The molecule has 2 amide bonds. The van der Waals surface area contributed by atoms with E-state index in [1.807, 2.05) is 32.6 Å². The number of benzene rings is 2. The van der Waals surface area contributed by atoms with Crippen molar-refractivity contribution in [3.05, 3.63) is 70.6 Å². The van der Waals surface area contributed by atoms with Crippen molar-refractivity contribution in [2.75, 3.05) is 34.4 Å². The van der Waals surface area contributed by atoms with E-state index in [1.165, 1.54) is 29.9 Å². The molecule has 2 N–H and O–H groups in total. The van der Waals surface area contributed by atoms with Crippen molar-refractivity contribution in [2.45, 2.75) is 62.7 Å². The molecule has 4 aromatic rings. The number of hydrogen-bond acceptors (Lipinski definition) is 17. The Hall–Kier alpha value is -1.83. The van der Waals surface area contributed by atoms with Crippen molar-refractivity contribution in [2.24, 2.45) is 10.2 Å². The van der Waals surface area contributed by atoms with E-state index in [9.17, 15) is 41.8 Å². The third kappa shape index (κ3) is 16.1. The van der Waals surface area contributed by atoms with Crippen molar-refractivity contribution in [3.63, 3.8) is 0 Å². The van der Waals surface area contributed by atoms with Crippen molar-refractivity contribution in [3.8, 4) is 11.8 Å². The van der Waals surface area contributed by atoms with Crippen LogP contribution >= 0.6 is 23.6 Å². The zero-order chi connectivity index (χ0) is 42.1. The number of rotatable bonds is 17. The maximum absolute atomic E-state index is 13.6. The molecule has 2 heterocycles. The van der Waals surface area contributed by atoms with Gasteiger partial charge in [-0.15, -0.1) is 10.2 Å². The summed E-state index contributed by atoms with van der Waals surface area (Å²) in [7, 11) is -4.34. The molecule has 304 valence electrons. The predicted molar refractivity (Wildman–Crippen MR) is 206 cm³/mol. The molecule has 2 aromatic carbocycles. The SMILES string of the molecule is CCN(CCCCS(=O)(=O)[O-])c1ccc(N=Nc2c(C#N)c(C(C)(C)C)nn2-c2cc(Cl)ncc2NC(=O)c2cc(SOO[O-])cc(S(=O)[O-])c2)c(NC(C)=O)c1.[Na+].[Na+].[Na+]. The quantitative estimate of drug-likeness (QED) is 0.0119. The Kier molecular flexibility index (Phi) is 23.8. The molecule has 0 aliphatic rings. The van der Waals surface area contributed by atoms with E-state index in [0.717, 1.165) is 12.1 Å². The Labute approximate surface area is 424 Å². The number of carbonyl (C=O) groups is 2. The molecule has 0 saturated heterocycles. The number of halogens is 1. The van der Waals surface area contributed by atoms with E-state index in [1.54, 1.807) is 18.2 Å². The number of aromatic nitrogens is 3. The normalized spacial score (nSPS) is 11.7. The van der Waals surface area contributed by atoms with Crippen LogP contribution in [0, 0.1) is 11.3 Å². The molecule has 0 bridgehead atoms. The number of nitrogens with zero attached hydrogens (tertiary/aromatic N) is 7. The molecule has 2 aromatic heterocycles. The molecule has 4 rings (SSSR count). The predicted octanol–water partition coefficient (Wildman–Crippen LogP) is -3.65. The van der Waals surface area contributed by atoms with Gasteiger partial charge >= 0.3 is 88.7 Å². The fourth-order valence-electron chi connectivity index (χ4n) is 5.33. The second-order valence-corrected chi connectivity index (χ2v) is 16.7. The monoisotopic (exact) mass is 929 g/mol. The van der Waals surface area contributed by atoms with Crippen LogP contribution in [-0.4, -0.2) is 67.2 Å². The van der Waals surface area contributed by atoms with Crippen LogP contribution in [0.2, 0.25) is 5.15 Å². The van der Waals surface area contributed by atoms with Crippen molar-refractivity contribution in [1.82, 2.24) is 14.8 Å². The Balaban J connectivity index is 0.00000600. The molecule has 0 saturated carbocycles. The van der Waals surface area contributed by atoms with E-state index >= 15 is 0 Å². The van der Waals surface area contributed by atoms with E-state index in [0.29, 0.717) is 42.9 Å². The van der Waals surface area contributed by atoms with E-state index in [2.05, 4.69) is 41.3 Å². The number of pyridine rings is 1. The summed E-state index contributed by atoms with van der Waals surface area (Å²) >= 11 is 3.94. The molecule has 0 radical (unpaired) electrons. The van der Waals surface area contributed by atoms with Crippen molar-refractivity contribution < 1.29 is 135 Å². The average Bonchev–Trinajstić information content (AvgIpc) is 3.52. The number of hydrogen-bond donors (Lipinski definition) is 2. The molecular weight excluding hydrogens is 895 g/mol. The summed E-state index contributed by atoms with van der Waals surface area (Å²) in [6, 6.07) is 11.9. The molecule has 26 heteroatoms. The number of nitrogens with one attached hydrogen (secondary N) is 2. The fourth-order valence-corrected chi connectivity index (χ4v) is 7.02. The average molecular weight is 930 g/mol. The second kappa shape index (κ2) is 25.5. The summed E-state index contributed by atoms with van der Waals surface area (Å²) in [6.07, 6.45) is 1.82. The number of nitriles is 1. The first-order valence-corrected chi connectivity index (χ1v) is 20.5. The van der Waals surface area contributed by atoms with Gasteiger partial charge in [0, 0.05) is 58.3 Å². The molecule has 0 aliphatic heterocycles. The topological polar surface area (TPSA) is 280 Å². The van der Waals surface area contributed by atoms with Crippen LogP contribution in [0.15, 0.2) is 68.7 Å². The minimum Gasteiger partial charge on any atom is -0.768 e. The van der Waals surface area contributed by atoms with Gasteiger partial charge in [0.2, 0.25) is 5.91 Å². The maximum atomic E-state index is 13.6. The first-order chi connectivity index (χ1) is 26.8. The standard InChI is InChI=1S/C34H38ClN9O10S3.3Na/c1-6-43(11-7-8-12-57(50,51)52)22-9-10-26(27(15-22)38-20(2)45)40-41-32-25(18-36)31(34(3,4)5)42-44(32)29-17-30(35)37-19-28(29)39-33(46)21-13-23(55-54-53-47)16-24(14-21)56(48)49;;;/h9-10,13-17,19,47H,6-8,11-12H2,1-5H3,(H,38,45)(H,39,46)(H,48,49)(H,50,51,52);;;/q;3*+1/p-3. The molecule has 19 nitrogen and oxygen atoms in total. The van der Waals surface area contributed by atoms with Gasteiger partial charge in [0.25, 0.3) is 5.91 Å². The van der Waals surface area contributed by atoms with Crippen LogP contribution in [0.25, 0.3) is 5.69 Å². The fraction of sp³-hybridized carbons (Fsp3) is 0.324. The van der Waals surface area contributed by atoms with Gasteiger partial charge in [-0.3, -0.25) is 18.8 Å². The van der Waals surface area contributed by atoms with Gasteiger partial charge in [-0.2, -0.15) is 14.7 Å². The minimum absolute atomic E-state index is 0. The van der Waals surface area contributed by atoms with Crippen molar-refractivity contribution >= 4 is 85.2 Å². The van der Waals surface area contributed by atoms with Crippen molar-refractivity contribution in [1.29, 1.82) is 5.26 Å². The first-order valence-electron chi connectivity index (χ1n) is 16.8. The van der Waals surface area contributed by atoms with E-state index in [-0.39, 0.29) is 150 Å². The van der Waals surface area contributed by atoms with Crippen LogP contribution in [-0.2, 0) is 40.8 Å². The van der Waals surface area contributed by atoms with Crippen LogP contribution in [0.5, 0.6) is 0 Å². The summed E-state index contributed by atoms with van der Waals surface area (Å²) in [5.41, 5.74) is 0.663. The number of carbonyl (C=O) groups excluding carboxylic acids is 2. The number of azo groups is 1. The van der Waals surface area contributed by atoms with Crippen LogP contribution in [0.3, 0.4) is 0 Å². The molecule has 60 heavy (non-hydrogen) atoms. The second-order valence-electron chi connectivity index (χ2n) is 13.1. The third-order valence-electron chi connectivity index (χ3n) is 7.86. The number of amides is 2. The summed E-state index contributed by atoms with van der Waals surface area (Å²) in [5.74, 6) is -1.80. The third-order valence-corrected chi connectivity index (χ3v) is 10.0. The summed E-state index contributed by atoms with van der Waals surface area (Å²) in [6.45, 7) is 9.60. The zero-order valence-corrected chi connectivity index (χ0v) is 43.2. The minimum atomic E-state index is -4.34. The van der Waals surface area contributed by atoms with Gasteiger partial charge in [-0.25, -0.2) is 18.1 Å². The van der Waals surface area contributed by atoms with Crippen LogP contribution < -0.4 is 109 Å². The van der Waals surface area contributed by atoms with Crippen LogP contribution in [0.1, 0.15) is 69.1 Å². The van der Waals surface area contributed by atoms with Gasteiger partial charge in [-0.1, -0.05) is 32.4 Å². The van der Waals surface area contributed by atoms with Gasteiger partial charge in [0.05, 0.1) is 51.1 Å². The number of anilines is 3. The summed E-state index contributed by atoms with van der Waals surface area (Å²) < 4.78 is 62.2.